The average Bonchev–Trinajstić information content (AvgIpc) is 2.12. The fraction of sp³-hybridized carbons (Fsp3) is 0.571. The lowest BCUT2D eigenvalue weighted by molar-refractivity contribution is 0.212. The summed E-state index contributed by atoms with van der Waals surface area (Å²) in [6.07, 6.45) is 2.61. The number of benzene rings is 1. The number of halogens is 1. The number of rotatable bonds is 3. The highest BCUT2D eigenvalue weighted by Gasteiger charge is 2.31. The molecule has 1 saturated carbocycles. The molecule has 1 fully saturated rings. The van der Waals surface area contributed by atoms with E-state index in [1.54, 1.807) is 0 Å². The van der Waals surface area contributed by atoms with Crippen molar-refractivity contribution in [1.82, 2.24) is 0 Å². The highest BCUT2D eigenvalue weighted by molar-refractivity contribution is 6.30. The summed E-state index contributed by atoms with van der Waals surface area (Å²) >= 11 is 5.94. The van der Waals surface area contributed by atoms with E-state index in [2.05, 4.69) is 32.2 Å². The summed E-state index contributed by atoms with van der Waals surface area (Å²) in [6.45, 7) is 6.73. The van der Waals surface area contributed by atoms with Crippen LogP contribution in [0.4, 0.5) is 5.69 Å². The highest BCUT2D eigenvalue weighted by atomic mass is 35.5. The second-order valence-electron chi connectivity index (χ2n) is 5.28. The van der Waals surface area contributed by atoms with Crippen LogP contribution in [0.2, 0.25) is 5.02 Å². The van der Waals surface area contributed by atoms with Crippen LogP contribution in [0.5, 0.6) is 0 Å². The number of aryl methyl sites for hydroxylation is 1. The topological polar surface area (TPSA) is 12.0 Å². The predicted octanol–water partition coefficient (Wildman–Crippen LogP) is 4.49. The molecule has 0 heterocycles. The number of hydrogen-bond donors (Lipinski definition) is 1. The number of hydrogen-bond acceptors (Lipinski definition) is 1. The van der Waals surface area contributed by atoms with E-state index >= 15 is 0 Å². The Balaban J connectivity index is 1.91. The first-order chi connectivity index (χ1) is 7.56. The smallest absolute Gasteiger partial charge is 0.0410 e. The summed E-state index contributed by atoms with van der Waals surface area (Å²) in [5, 5.41) is 4.42. The van der Waals surface area contributed by atoms with Gasteiger partial charge in [-0.1, -0.05) is 25.4 Å². The van der Waals surface area contributed by atoms with E-state index in [0.717, 1.165) is 16.9 Å². The SMILES string of the molecule is Cc1cc(Cl)ccc1NC1CC(C(C)C)C1. The molecule has 1 aromatic carbocycles. The Morgan fingerprint density at radius 1 is 1.31 bits per heavy atom. The van der Waals surface area contributed by atoms with E-state index in [0.29, 0.717) is 6.04 Å². The summed E-state index contributed by atoms with van der Waals surface area (Å²) in [5.74, 6) is 1.73. The molecule has 0 aliphatic heterocycles. The fourth-order valence-electron chi connectivity index (χ4n) is 2.33. The predicted molar refractivity (Wildman–Crippen MR) is 71.2 cm³/mol. The van der Waals surface area contributed by atoms with Gasteiger partial charge in [0.1, 0.15) is 0 Å². The second-order valence-corrected chi connectivity index (χ2v) is 5.71. The molecule has 0 atom stereocenters. The molecule has 88 valence electrons. The molecule has 1 aliphatic carbocycles. The molecule has 1 nitrogen and oxygen atoms in total. The number of anilines is 1. The monoisotopic (exact) mass is 237 g/mol. The Kier molecular flexibility index (Phi) is 3.44. The van der Waals surface area contributed by atoms with Crippen LogP contribution in [0, 0.1) is 18.8 Å². The molecule has 0 unspecified atom stereocenters. The third kappa shape index (κ3) is 2.52. The maximum absolute atomic E-state index is 5.94. The van der Waals surface area contributed by atoms with Crippen molar-refractivity contribution < 1.29 is 0 Å². The standard InChI is InChI=1S/C14H20ClN/c1-9(2)11-7-13(8-11)16-14-5-4-12(15)6-10(14)3/h4-6,9,11,13,16H,7-8H2,1-3H3. The Bertz CT molecular complexity index is 367. The van der Waals surface area contributed by atoms with Gasteiger partial charge in [-0.2, -0.15) is 0 Å². The van der Waals surface area contributed by atoms with Crippen molar-refractivity contribution in [3.05, 3.63) is 28.8 Å². The zero-order valence-electron chi connectivity index (χ0n) is 10.3. The van der Waals surface area contributed by atoms with E-state index in [1.807, 2.05) is 12.1 Å². The van der Waals surface area contributed by atoms with Crippen molar-refractivity contribution in [2.45, 2.75) is 39.7 Å². The lowest BCUT2D eigenvalue weighted by atomic mass is 9.73. The van der Waals surface area contributed by atoms with Gasteiger partial charge in [-0.05, 0) is 55.4 Å². The van der Waals surface area contributed by atoms with Gasteiger partial charge in [0.15, 0.2) is 0 Å². The molecule has 0 amide bonds. The molecule has 0 aromatic heterocycles. The van der Waals surface area contributed by atoms with Crippen molar-refractivity contribution in [3.63, 3.8) is 0 Å². The molecule has 1 N–H and O–H groups in total. The van der Waals surface area contributed by atoms with Gasteiger partial charge in [0.2, 0.25) is 0 Å². The highest BCUT2D eigenvalue weighted by Crippen LogP contribution is 2.36. The molecule has 1 aromatic rings. The van der Waals surface area contributed by atoms with Crippen molar-refractivity contribution in [1.29, 1.82) is 0 Å². The molecular weight excluding hydrogens is 218 g/mol. The fourth-order valence-corrected chi connectivity index (χ4v) is 2.56. The minimum Gasteiger partial charge on any atom is -0.382 e. The summed E-state index contributed by atoms with van der Waals surface area (Å²) in [6, 6.07) is 6.71. The lowest BCUT2D eigenvalue weighted by Crippen LogP contribution is -2.38. The largest absolute Gasteiger partial charge is 0.382 e. The molecule has 1 aliphatic rings. The van der Waals surface area contributed by atoms with E-state index in [1.165, 1.54) is 24.1 Å². The minimum atomic E-state index is 0.660. The van der Waals surface area contributed by atoms with Gasteiger partial charge < -0.3 is 5.32 Å². The van der Waals surface area contributed by atoms with Crippen LogP contribution >= 0.6 is 11.6 Å². The molecule has 0 saturated heterocycles. The molecule has 2 heteroatoms. The molecule has 0 spiro atoms. The summed E-state index contributed by atoms with van der Waals surface area (Å²) < 4.78 is 0. The van der Waals surface area contributed by atoms with Gasteiger partial charge in [-0.25, -0.2) is 0 Å². The third-order valence-electron chi connectivity index (χ3n) is 3.67. The van der Waals surface area contributed by atoms with Crippen LogP contribution in [-0.4, -0.2) is 6.04 Å². The average molecular weight is 238 g/mol. The minimum absolute atomic E-state index is 0.660. The summed E-state index contributed by atoms with van der Waals surface area (Å²) in [4.78, 5) is 0. The first kappa shape index (κ1) is 11.8. The van der Waals surface area contributed by atoms with Gasteiger partial charge in [0.05, 0.1) is 0 Å². The van der Waals surface area contributed by atoms with Crippen LogP contribution in [0.15, 0.2) is 18.2 Å². The Morgan fingerprint density at radius 2 is 2.00 bits per heavy atom. The maximum atomic E-state index is 5.94. The van der Waals surface area contributed by atoms with Crippen LogP contribution < -0.4 is 5.32 Å². The Morgan fingerprint density at radius 3 is 2.56 bits per heavy atom. The molecule has 0 bridgehead atoms. The summed E-state index contributed by atoms with van der Waals surface area (Å²) in [5.41, 5.74) is 2.47. The quantitative estimate of drug-likeness (QED) is 0.817. The van der Waals surface area contributed by atoms with Gasteiger partial charge in [-0.15, -0.1) is 0 Å². The van der Waals surface area contributed by atoms with Crippen molar-refractivity contribution in [2.75, 3.05) is 5.32 Å². The van der Waals surface area contributed by atoms with Gasteiger partial charge >= 0.3 is 0 Å². The lowest BCUT2D eigenvalue weighted by Gasteiger charge is -2.39. The second kappa shape index (κ2) is 4.67. The normalized spacial score (nSPS) is 24.3. The van der Waals surface area contributed by atoms with Crippen LogP contribution in [-0.2, 0) is 0 Å². The van der Waals surface area contributed by atoms with Gasteiger partial charge in [0, 0.05) is 16.8 Å². The zero-order chi connectivity index (χ0) is 11.7. The molecule has 16 heavy (non-hydrogen) atoms. The van der Waals surface area contributed by atoms with Crippen LogP contribution in [0.25, 0.3) is 0 Å². The summed E-state index contributed by atoms with van der Waals surface area (Å²) in [7, 11) is 0. The maximum Gasteiger partial charge on any atom is 0.0410 e. The van der Waals surface area contributed by atoms with E-state index in [9.17, 15) is 0 Å². The van der Waals surface area contributed by atoms with Crippen molar-refractivity contribution in [2.24, 2.45) is 11.8 Å². The van der Waals surface area contributed by atoms with Gasteiger partial charge in [0.25, 0.3) is 0 Å². The number of nitrogens with one attached hydrogen (secondary N) is 1. The molecular formula is C14H20ClN. The first-order valence-electron chi connectivity index (χ1n) is 6.09. The van der Waals surface area contributed by atoms with E-state index in [-0.39, 0.29) is 0 Å². The zero-order valence-corrected chi connectivity index (χ0v) is 11.0. The molecule has 2 rings (SSSR count). The first-order valence-corrected chi connectivity index (χ1v) is 6.46. The van der Waals surface area contributed by atoms with Gasteiger partial charge in [-0.3, -0.25) is 0 Å². The van der Waals surface area contributed by atoms with E-state index in [4.69, 9.17) is 11.6 Å². The molecule has 0 radical (unpaired) electrons. The van der Waals surface area contributed by atoms with E-state index < -0.39 is 0 Å². The van der Waals surface area contributed by atoms with Crippen LogP contribution in [0.1, 0.15) is 32.3 Å². The Hall–Kier alpha value is -0.690. The van der Waals surface area contributed by atoms with Crippen LogP contribution in [0.3, 0.4) is 0 Å². The Labute approximate surface area is 103 Å². The third-order valence-corrected chi connectivity index (χ3v) is 3.90. The van der Waals surface area contributed by atoms with Crippen molar-refractivity contribution in [3.8, 4) is 0 Å². The van der Waals surface area contributed by atoms with Crippen molar-refractivity contribution >= 4 is 17.3 Å².